The molecular formula is C11H16N4O. The van der Waals surface area contributed by atoms with Crippen molar-refractivity contribution in [1.29, 1.82) is 0 Å². The van der Waals surface area contributed by atoms with Crippen LogP contribution in [0.3, 0.4) is 0 Å². The van der Waals surface area contributed by atoms with E-state index < -0.39 is 0 Å². The second-order valence-corrected chi connectivity index (χ2v) is 4.30. The molecule has 0 aliphatic rings. The van der Waals surface area contributed by atoms with Crippen LogP contribution in [0.25, 0.3) is 0 Å². The lowest BCUT2D eigenvalue weighted by molar-refractivity contribution is 0.349. The van der Waals surface area contributed by atoms with E-state index in [4.69, 9.17) is 17.0 Å². The molecule has 0 radical (unpaired) electrons. The minimum absolute atomic E-state index is 0.171. The van der Waals surface area contributed by atoms with Crippen LogP contribution in [0.5, 0.6) is 5.88 Å². The van der Waals surface area contributed by atoms with Gasteiger partial charge in [-0.1, -0.05) is 26.7 Å². The number of hydrogen-bond donors (Lipinski definition) is 2. The molecule has 0 aliphatic heterocycles. The molecule has 0 amide bonds. The van der Waals surface area contributed by atoms with E-state index >= 15 is 0 Å². The zero-order chi connectivity index (χ0) is 12.2. The fourth-order valence-electron chi connectivity index (χ4n) is 1.02. The third kappa shape index (κ3) is 3.11. The number of nitrogens with one attached hydrogen (secondary N) is 1. The Morgan fingerprint density at radius 3 is 2.69 bits per heavy atom. The molecule has 0 aromatic carbocycles. The summed E-state index contributed by atoms with van der Waals surface area (Å²) in [6.45, 7) is 6.19. The van der Waals surface area contributed by atoms with Crippen molar-refractivity contribution in [3.05, 3.63) is 11.9 Å². The van der Waals surface area contributed by atoms with Gasteiger partial charge in [-0.3, -0.25) is 0 Å². The molecule has 0 saturated heterocycles. The highest BCUT2D eigenvalue weighted by molar-refractivity contribution is 5.38. The SMILES string of the molecule is C#CCOc1cc(NN)nc(C(C)(C)C)n1. The van der Waals surface area contributed by atoms with Gasteiger partial charge in [0.05, 0.1) is 0 Å². The molecule has 0 unspecified atom stereocenters. The quantitative estimate of drug-likeness (QED) is 0.453. The highest BCUT2D eigenvalue weighted by Gasteiger charge is 2.19. The first kappa shape index (κ1) is 12.3. The number of aromatic nitrogens is 2. The van der Waals surface area contributed by atoms with Crippen molar-refractivity contribution in [3.8, 4) is 18.2 Å². The molecule has 5 heteroatoms. The molecule has 0 saturated carbocycles. The lowest BCUT2D eigenvalue weighted by atomic mass is 9.96. The van der Waals surface area contributed by atoms with Gasteiger partial charge < -0.3 is 10.2 Å². The summed E-state index contributed by atoms with van der Waals surface area (Å²) in [6, 6.07) is 1.60. The Balaban J connectivity index is 3.07. The predicted molar refractivity (Wildman–Crippen MR) is 62.9 cm³/mol. The number of terminal acetylenes is 1. The summed E-state index contributed by atoms with van der Waals surface area (Å²) in [5.74, 6) is 9.28. The number of hydrogen-bond acceptors (Lipinski definition) is 5. The largest absolute Gasteiger partial charge is 0.464 e. The van der Waals surface area contributed by atoms with Gasteiger partial charge >= 0.3 is 0 Å². The Morgan fingerprint density at radius 1 is 1.50 bits per heavy atom. The molecule has 3 N–H and O–H groups in total. The zero-order valence-electron chi connectivity index (χ0n) is 9.74. The summed E-state index contributed by atoms with van der Waals surface area (Å²) in [4.78, 5) is 8.52. The molecule has 86 valence electrons. The van der Waals surface area contributed by atoms with Gasteiger partial charge in [0, 0.05) is 11.5 Å². The van der Waals surface area contributed by atoms with Crippen molar-refractivity contribution in [3.63, 3.8) is 0 Å². The second-order valence-electron chi connectivity index (χ2n) is 4.30. The van der Waals surface area contributed by atoms with Crippen LogP contribution in [0.4, 0.5) is 5.82 Å². The number of anilines is 1. The van der Waals surface area contributed by atoms with E-state index in [1.165, 1.54) is 0 Å². The Kier molecular flexibility index (Phi) is 3.69. The summed E-state index contributed by atoms with van der Waals surface area (Å²) in [5.41, 5.74) is 2.29. The monoisotopic (exact) mass is 220 g/mol. The Hall–Kier alpha value is -1.80. The summed E-state index contributed by atoms with van der Waals surface area (Å²) >= 11 is 0. The van der Waals surface area contributed by atoms with Crippen LogP contribution >= 0.6 is 0 Å². The molecular weight excluding hydrogens is 204 g/mol. The molecule has 0 atom stereocenters. The van der Waals surface area contributed by atoms with Crippen LogP contribution in [0.2, 0.25) is 0 Å². The molecule has 16 heavy (non-hydrogen) atoms. The van der Waals surface area contributed by atoms with E-state index in [1.54, 1.807) is 6.07 Å². The number of nitrogen functional groups attached to an aromatic ring is 1. The van der Waals surface area contributed by atoms with Gasteiger partial charge in [-0.2, -0.15) is 4.98 Å². The van der Waals surface area contributed by atoms with Crippen LogP contribution in [0.15, 0.2) is 6.07 Å². The molecule has 1 aromatic rings. The Morgan fingerprint density at radius 2 is 2.19 bits per heavy atom. The summed E-state index contributed by atoms with van der Waals surface area (Å²) in [6.07, 6.45) is 5.11. The van der Waals surface area contributed by atoms with E-state index in [9.17, 15) is 0 Å². The van der Waals surface area contributed by atoms with Gasteiger partial charge in [0.25, 0.3) is 0 Å². The first-order valence-electron chi connectivity index (χ1n) is 4.90. The van der Waals surface area contributed by atoms with Crippen LogP contribution in [-0.2, 0) is 5.41 Å². The maximum absolute atomic E-state index is 5.32. The van der Waals surface area contributed by atoms with Crippen molar-refractivity contribution in [1.82, 2.24) is 9.97 Å². The number of hydrazine groups is 1. The number of nitrogens with two attached hydrogens (primary N) is 1. The minimum Gasteiger partial charge on any atom is -0.464 e. The average molecular weight is 220 g/mol. The van der Waals surface area contributed by atoms with Crippen LogP contribution < -0.4 is 16.0 Å². The molecule has 1 rings (SSSR count). The van der Waals surface area contributed by atoms with E-state index in [0.29, 0.717) is 17.5 Å². The van der Waals surface area contributed by atoms with Gasteiger partial charge in [-0.05, 0) is 0 Å². The van der Waals surface area contributed by atoms with Crippen molar-refractivity contribution >= 4 is 5.82 Å². The molecule has 1 heterocycles. The molecule has 0 spiro atoms. The highest BCUT2D eigenvalue weighted by atomic mass is 16.5. The number of ether oxygens (including phenoxy) is 1. The normalized spacial score (nSPS) is 10.7. The first-order valence-corrected chi connectivity index (χ1v) is 4.90. The van der Waals surface area contributed by atoms with Gasteiger partial charge in [0.15, 0.2) is 6.61 Å². The molecule has 5 nitrogen and oxygen atoms in total. The fourth-order valence-corrected chi connectivity index (χ4v) is 1.02. The van der Waals surface area contributed by atoms with Crippen molar-refractivity contribution in [2.75, 3.05) is 12.0 Å². The highest BCUT2D eigenvalue weighted by Crippen LogP contribution is 2.22. The lowest BCUT2D eigenvalue weighted by Gasteiger charge is -2.18. The maximum Gasteiger partial charge on any atom is 0.219 e. The third-order valence-electron chi connectivity index (χ3n) is 1.82. The van der Waals surface area contributed by atoms with E-state index in [-0.39, 0.29) is 12.0 Å². The maximum atomic E-state index is 5.32. The van der Waals surface area contributed by atoms with Crippen molar-refractivity contribution in [2.24, 2.45) is 5.84 Å². The van der Waals surface area contributed by atoms with Gasteiger partial charge in [0.1, 0.15) is 11.6 Å². The van der Waals surface area contributed by atoms with E-state index in [2.05, 4.69) is 21.3 Å². The Labute approximate surface area is 95.4 Å². The average Bonchev–Trinajstić information content (AvgIpc) is 2.24. The van der Waals surface area contributed by atoms with Gasteiger partial charge in [-0.15, -0.1) is 6.42 Å². The minimum atomic E-state index is -0.179. The van der Waals surface area contributed by atoms with Crippen molar-refractivity contribution < 1.29 is 4.74 Å². The standard InChI is InChI=1S/C11H16N4O/c1-5-6-16-9-7-8(15-12)13-10(14-9)11(2,3)4/h1,7H,6,12H2,2-4H3,(H,13,14,15). The zero-order valence-corrected chi connectivity index (χ0v) is 9.74. The van der Waals surface area contributed by atoms with E-state index in [0.717, 1.165) is 0 Å². The van der Waals surface area contributed by atoms with Crippen molar-refractivity contribution in [2.45, 2.75) is 26.2 Å². The topological polar surface area (TPSA) is 73.1 Å². The first-order chi connectivity index (χ1) is 7.47. The fraction of sp³-hybridized carbons (Fsp3) is 0.455. The predicted octanol–water partition coefficient (Wildman–Crippen LogP) is 1.07. The van der Waals surface area contributed by atoms with E-state index in [1.807, 2.05) is 20.8 Å². The number of nitrogens with zero attached hydrogens (tertiary/aromatic N) is 2. The van der Waals surface area contributed by atoms with Crippen LogP contribution in [0, 0.1) is 12.3 Å². The van der Waals surface area contributed by atoms with Crippen LogP contribution in [-0.4, -0.2) is 16.6 Å². The summed E-state index contributed by atoms with van der Waals surface area (Å²) < 4.78 is 5.25. The van der Waals surface area contributed by atoms with Gasteiger partial charge in [-0.25, -0.2) is 10.8 Å². The Bertz CT molecular complexity index is 403. The summed E-state index contributed by atoms with van der Waals surface area (Å²) in [7, 11) is 0. The smallest absolute Gasteiger partial charge is 0.219 e. The molecule has 1 aromatic heterocycles. The molecule has 0 fully saturated rings. The lowest BCUT2D eigenvalue weighted by Crippen LogP contribution is -2.19. The molecule has 0 bridgehead atoms. The number of rotatable bonds is 3. The third-order valence-corrected chi connectivity index (χ3v) is 1.82. The van der Waals surface area contributed by atoms with Gasteiger partial charge in [0.2, 0.25) is 5.88 Å². The second kappa shape index (κ2) is 4.81. The molecule has 0 aliphatic carbocycles. The van der Waals surface area contributed by atoms with Crippen LogP contribution in [0.1, 0.15) is 26.6 Å². The summed E-state index contributed by atoms with van der Waals surface area (Å²) in [5, 5.41) is 0.